The highest BCUT2D eigenvalue weighted by Gasteiger charge is 2.26. The normalized spacial score (nSPS) is 18.6. The Labute approximate surface area is 119 Å². The standard InChI is InChI=1S/C16H20N2O2/c17-16(20)15-7-8-18(12-15)11-14-6-3-5-13(10-14)4-1-2-9-19/h3,5-6,10,15,19H,2,7-9,11-12H2,(H2,17,20). The van der Waals surface area contributed by atoms with Crippen LogP contribution in [-0.2, 0) is 11.3 Å². The lowest BCUT2D eigenvalue weighted by atomic mass is 10.1. The molecule has 20 heavy (non-hydrogen) atoms. The van der Waals surface area contributed by atoms with Gasteiger partial charge in [-0.15, -0.1) is 0 Å². The summed E-state index contributed by atoms with van der Waals surface area (Å²) in [6.07, 6.45) is 1.35. The minimum absolute atomic E-state index is 0.0115. The monoisotopic (exact) mass is 272 g/mol. The molecule has 1 aromatic rings. The molecule has 0 saturated carbocycles. The average Bonchev–Trinajstić information content (AvgIpc) is 2.88. The van der Waals surface area contributed by atoms with Gasteiger partial charge in [0.05, 0.1) is 12.5 Å². The Kier molecular flexibility index (Phi) is 5.16. The summed E-state index contributed by atoms with van der Waals surface area (Å²) in [5.41, 5.74) is 7.49. The minimum atomic E-state index is -0.198. The summed E-state index contributed by atoms with van der Waals surface area (Å²) in [7, 11) is 0. The van der Waals surface area contributed by atoms with Crippen molar-refractivity contribution in [2.75, 3.05) is 19.7 Å². The fourth-order valence-electron chi connectivity index (χ4n) is 2.43. The second-order valence-electron chi connectivity index (χ2n) is 5.10. The van der Waals surface area contributed by atoms with Gasteiger partial charge in [-0.25, -0.2) is 0 Å². The van der Waals surface area contributed by atoms with Crippen molar-refractivity contribution in [1.82, 2.24) is 4.90 Å². The van der Waals surface area contributed by atoms with E-state index in [9.17, 15) is 4.79 Å². The maximum atomic E-state index is 11.2. The molecule has 3 N–H and O–H groups in total. The number of primary amides is 1. The van der Waals surface area contributed by atoms with Gasteiger partial charge in [0.2, 0.25) is 5.91 Å². The van der Waals surface area contributed by atoms with Crippen molar-refractivity contribution < 1.29 is 9.90 Å². The number of amides is 1. The Hall–Kier alpha value is -1.83. The molecule has 1 unspecified atom stereocenters. The van der Waals surface area contributed by atoms with Crippen LogP contribution in [0.5, 0.6) is 0 Å². The van der Waals surface area contributed by atoms with Crippen molar-refractivity contribution in [3.63, 3.8) is 0 Å². The Morgan fingerprint density at radius 3 is 3.05 bits per heavy atom. The maximum Gasteiger partial charge on any atom is 0.221 e. The summed E-state index contributed by atoms with van der Waals surface area (Å²) < 4.78 is 0. The molecule has 1 aromatic carbocycles. The van der Waals surface area contributed by atoms with Crippen LogP contribution in [0.1, 0.15) is 24.0 Å². The van der Waals surface area contributed by atoms with E-state index in [1.807, 2.05) is 12.1 Å². The predicted molar refractivity (Wildman–Crippen MR) is 77.6 cm³/mol. The highest BCUT2D eigenvalue weighted by molar-refractivity contribution is 5.77. The number of carbonyl (C=O) groups is 1. The number of aliphatic hydroxyl groups excluding tert-OH is 1. The number of benzene rings is 1. The van der Waals surface area contributed by atoms with E-state index in [1.54, 1.807) is 0 Å². The van der Waals surface area contributed by atoms with E-state index < -0.39 is 0 Å². The zero-order chi connectivity index (χ0) is 14.4. The van der Waals surface area contributed by atoms with E-state index in [4.69, 9.17) is 10.8 Å². The van der Waals surface area contributed by atoms with Gasteiger partial charge in [-0.05, 0) is 30.7 Å². The lowest BCUT2D eigenvalue weighted by molar-refractivity contribution is -0.121. The van der Waals surface area contributed by atoms with Crippen LogP contribution in [-0.4, -0.2) is 35.6 Å². The van der Waals surface area contributed by atoms with E-state index in [1.165, 1.54) is 5.56 Å². The van der Waals surface area contributed by atoms with Crippen LogP contribution in [0, 0.1) is 17.8 Å². The Balaban J connectivity index is 1.95. The first-order valence-corrected chi connectivity index (χ1v) is 6.89. The van der Waals surface area contributed by atoms with E-state index in [-0.39, 0.29) is 18.4 Å². The molecule has 1 fully saturated rings. The van der Waals surface area contributed by atoms with E-state index in [0.717, 1.165) is 31.6 Å². The van der Waals surface area contributed by atoms with Crippen LogP contribution in [0.4, 0.5) is 0 Å². The summed E-state index contributed by atoms with van der Waals surface area (Å²) in [5, 5.41) is 8.71. The van der Waals surface area contributed by atoms with Gasteiger partial charge in [-0.1, -0.05) is 24.0 Å². The predicted octanol–water partition coefficient (Wildman–Crippen LogP) is 0.728. The molecule has 106 valence electrons. The van der Waals surface area contributed by atoms with Gasteiger partial charge in [0.1, 0.15) is 0 Å². The van der Waals surface area contributed by atoms with Gasteiger partial charge in [0, 0.05) is 25.1 Å². The number of nitrogens with zero attached hydrogens (tertiary/aromatic N) is 1. The Morgan fingerprint density at radius 1 is 1.50 bits per heavy atom. The molecule has 1 aliphatic rings. The zero-order valence-electron chi connectivity index (χ0n) is 11.5. The molecule has 4 nitrogen and oxygen atoms in total. The minimum Gasteiger partial charge on any atom is -0.395 e. The lowest BCUT2D eigenvalue weighted by Gasteiger charge is -2.15. The molecule has 0 aliphatic carbocycles. The SMILES string of the molecule is NC(=O)C1CCN(Cc2cccc(C#CCCO)c2)C1. The molecule has 1 amide bonds. The van der Waals surface area contributed by atoms with Gasteiger partial charge in [0.15, 0.2) is 0 Å². The third-order valence-electron chi connectivity index (χ3n) is 3.48. The molecule has 0 radical (unpaired) electrons. The fourth-order valence-corrected chi connectivity index (χ4v) is 2.43. The smallest absolute Gasteiger partial charge is 0.221 e. The molecule has 0 bridgehead atoms. The molecule has 1 aliphatic heterocycles. The summed E-state index contributed by atoms with van der Waals surface area (Å²) in [6.45, 7) is 2.57. The number of likely N-dealkylation sites (tertiary alicyclic amines) is 1. The highest BCUT2D eigenvalue weighted by atomic mass is 16.2. The van der Waals surface area contributed by atoms with Crippen LogP contribution >= 0.6 is 0 Å². The summed E-state index contributed by atoms with van der Waals surface area (Å²) in [4.78, 5) is 13.4. The summed E-state index contributed by atoms with van der Waals surface area (Å²) in [5.74, 6) is 5.75. The molecule has 0 spiro atoms. The largest absolute Gasteiger partial charge is 0.395 e. The average molecular weight is 272 g/mol. The Morgan fingerprint density at radius 2 is 2.35 bits per heavy atom. The van der Waals surface area contributed by atoms with Crippen molar-refractivity contribution in [1.29, 1.82) is 0 Å². The van der Waals surface area contributed by atoms with Crippen molar-refractivity contribution in [3.05, 3.63) is 35.4 Å². The number of hydrogen-bond donors (Lipinski definition) is 2. The highest BCUT2D eigenvalue weighted by Crippen LogP contribution is 2.18. The van der Waals surface area contributed by atoms with Crippen LogP contribution < -0.4 is 5.73 Å². The third-order valence-corrected chi connectivity index (χ3v) is 3.48. The van der Waals surface area contributed by atoms with Gasteiger partial charge in [0.25, 0.3) is 0 Å². The summed E-state index contributed by atoms with van der Waals surface area (Å²) in [6, 6.07) is 8.07. The summed E-state index contributed by atoms with van der Waals surface area (Å²) >= 11 is 0. The van der Waals surface area contributed by atoms with Crippen LogP contribution in [0.25, 0.3) is 0 Å². The number of carbonyl (C=O) groups excluding carboxylic acids is 1. The molecule has 1 atom stereocenters. The van der Waals surface area contributed by atoms with Gasteiger partial charge in [-0.3, -0.25) is 9.69 Å². The van der Waals surface area contributed by atoms with Crippen molar-refractivity contribution in [2.24, 2.45) is 11.7 Å². The number of nitrogens with two attached hydrogens (primary N) is 1. The molecule has 4 heteroatoms. The number of hydrogen-bond acceptors (Lipinski definition) is 3. The van der Waals surface area contributed by atoms with E-state index >= 15 is 0 Å². The van der Waals surface area contributed by atoms with Crippen LogP contribution in [0.2, 0.25) is 0 Å². The van der Waals surface area contributed by atoms with Gasteiger partial charge >= 0.3 is 0 Å². The number of aliphatic hydroxyl groups is 1. The first kappa shape index (κ1) is 14.6. The first-order valence-electron chi connectivity index (χ1n) is 6.89. The van der Waals surface area contributed by atoms with E-state index in [0.29, 0.717) is 6.42 Å². The van der Waals surface area contributed by atoms with Crippen LogP contribution in [0.15, 0.2) is 24.3 Å². The first-order chi connectivity index (χ1) is 9.69. The molecular weight excluding hydrogens is 252 g/mol. The topological polar surface area (TPSA) is 66.6 Å². The van der Waals surface area contributed by atoms with Crippen molar-refractivity contribution in [3.8, 4) is 11.8 Å². The van der Waals surface area contributed by atoms with Crippen LogP contribution in [0.3, 0.4) is 0 Å². The second kappa shape index (κ2) is 7.09. The lowest BCUT2D eigenvalue weighted by Crippen LogP contribution is -2.27. The van der Waals surface area contributed by atoms with Gasteiger partial charge < -0.3 is 10.8 Å². The third kappa shape index (κ3) is 4.09. The molecule has 1 saturated heterocycles. The number of rotatable bonds is 4. The van der Waals surface area contributed by atoms with Crippen molar-refractivity contribution in [2.45, 2.75) is 19.4 Å². The van der Waals surface area contributed by atoms with E-state index in [2.05, 4.69) is 28.9 Å². The van der Waals surface area contributed by atoms with Gasteiger partial charge in [-0.2, -0.15) is 0 Å². The maximum absolute atomic E-state index is 11.2. The second-order valence-corrected chi connectivity index (χ2v) is 5.10. The quantitative estimate of drug-likeness (QED) is 0.794. The van der Waals surface area contributed by atoms with Crippen molar-refractivity contribution >= 4 is 5.91 Å². The molecule has 2 rings (SSSR count). The molecule has 1 heterocycles. The molecule has 0 aromatic heterocycles. The molecular formula is C16H20N2O2. The Bertz CT molecular complexity index is 531. The fraction of sp³-hybridized carbons (Fsp3) is 0.438. The zero-order valence-corrected chi connectivity index (χ0v) is 11.5.